The highest BCUT2D eigenvalue weighted by Gasteiger charge is 2.74. The molecule has 234 valence electrons. The number of ether oxygens (including phenoxy) is 1. The number of nitrogens with zero attached hydrogens (tertiary/aromatic N) is 3. The molecule has 2 bridgehead atoms. The second-order valence-corrected chi connectivity index (χ2v) is 13.5. The number of benzene rings is 2. The summed E-state index contributed by atoms with van der Waals surface area (Å²) in [4.78, 5) is 48.6. The number of hydrogen-bond donors (Lipinski definition) is 1. The molecule has 3 aliphatic heterocycles. The van der Waals surface area contributed by atoms with Crippen molar-refractivity contribution in [3.63, 3.8) is 0 Å². The predicted molar refractivity (Wildman–Crippen MR) is 176 cm³/mol. The minimum absolute atomic E-state index is 0.110. The molecule has 5 rings (SSSR count). The first-order valence-electron chi connectivity index (χ1n) is 15.2. The Labute approximate surface area is 268 Å². The van der Waals surface area contributed by atoms with Crippen molar-refractivity contribution in [3.8, 4) is 5.75 Å². The van der Waals surface area contributed by atoms with Gasteiger partial charge in [0.05, 0.1) is 35.8 Å². The number of carbonyl (C=O) groups is 3. The Morgan fingerprint density at radius 1 is 1.07 bits per heavy atom. The van der Waals surface area contributed by atoms with Crippen molar-refractivity contribution in [2.45, 2.75) is 55.2 Å². The van der Waals surface area contributed by atoms with Crippen molar-refractivity contribution in [2.24, 2.45) is 11.8 Å². The molecule has 3 saturated heterocycles. The van der Waals surface area contributed by atoms with Gasteiger partial charge in [0.25, 0.3) is 5.91 Å². The Kier molecular flexibility index (Phi) is 9.77. The standard InChI is InChI=1S/C34H40ClN3O5S/c1-5-19-36(25-13-15-26(16-14-25)43-8-4)31(40)28-27-17-18-34(44-27)29(28)32(41)38(23(7-3)21-39)30(34)33(42)37(20-6-2)24-11-9-22(35)10-12-24/h5-6,9-16,23,27-30,39H,1-2,7-8,17-21H2,3-4H3/t23-,27+,28-,29-,30?,34?/m0/s1. The number of anilines is 2. The van der Waals surface area contributed by atoms with Crippen LogP contribution < -0.4 is 14.5 Å². The lowest BCUT2D eigenvalue weighted by Gasteiger charge is -2.39. The summed E-state index contributed by atoms with van der Waals surface area (Å²) in [5, 5.41) is 10.9. The van der Waals surface area contributed by atoms with Gasteiger partial charge in [-0.1, -0.05) is 30.7 Å². The van der Waals surface area contributed by atoms with E-state index in [2.05, 4.69) is 13.2 Å². The summed E-state index contributed by atoms with van der Waals surface area (Å²) in [5.74, 6) is -1.24. The lowest BCUT2D eigenvalue weighted by atomic mass is 9.70. The Bertz CT molecular complexity index is 1400. The van der Waals surface area contributed by atoms with Crippen LogP contribution in [-0.4, -0.2) is 76.1 Å². The van der Waals surface area contributed by atoms with E-state index in [0.29, 0.717) is 48.0 Å². The third-order valence-corrected chi connectivity index (χ3v) is 11.3. The van der Waals surface area contributed by atoms with Gasteiger partial charge in [-0.25, -0.2) is 0 Å². The Morgan fingerprint density at radius 2 is 1.66 bits per heavy atom. The first-order valence-corrected chi connectivity index (χ1v) is 16.5. The van der Waals surface area contributed by atoms with E-state index in [9.17, 15) is 19.5 Å². The number of likely N-dealkylation sites (tertiary alicyclic amines) is 1. The first kappa shape index (κ1) is 32.1. The summed E-state index contributed by atoms with van der Waals surface area (Å²) >= 11 is 7.76. The van der Waals surface area contributed by atoms with Crippen LogP contribution in [0.1, 0.15) is 33.1 Å². The fraction of sp³-hybridized carbons (Fsp3) is 0.441. The van der Waals surface area contributed by atoms with Gasteiger partial charge in [0.2, 0.25) is 11.8 Å². The fourth-order valence-corrected chi connectivity index (χ4v) is 9.52. The number of fused-ring (bicyclic) bond motifs is 1. The molecule has 3 fully saturated rings. The molecule has 2 aromatic carbocycles. The van der Waals surface area contributed by atoms with Crippen LogP contribution >= 0.6 is 23.4 Å². The van der Waals surface area contributed by atoms with E-state index in [1.807, 2.05) is 38.1 Å². The molecule has 10 heteroatoms. The number of hydrogen-bond acceptors (Lipinski definition) is 6. The van der Waals surface area contributed by atoms with Gasteiger partial charge in [0.15, 0.2) is 0 Å². The molecule has 44 heavy (non-hydrogen) atoms. The smallest absolute Gasteiger partial charge is 0.251 e. The highest BCUT2D eigenvalue weighted by molar-refractivity contribution is 8.02. The van der Waals surface area contributed by atoms with Gasteiger partial charge in [0.1, 0.15) is 11.8 Å². The summed E-state index contributed by atoms with van der Waals surface area (Å²) in [6, 6.07) is 12.9. The SMILES string of the molecule is C=CCN(C(=O)C1N([C@@H](CC)CO)C(=O)[C@@H]2[C@@H](C(=O)N(CC=C)c3ccc(OCC)cc3)[C@H]3CCC12S3)c1ccc(Cl)cc1. The largest absolute Gasteiger partial charge is 0.494 e. The molecule has 1 N–H and O–H groups in total. The van der Waals surface area contributed by atoms with Gasteiger partial charge in [-0.15, -0.1) is 24.9 Å². The molecule has 0 aliphatic carbocycles. The number of halogens is 1. The molecule has 0 saturated carbocycles. The van der Waals surface area contributed by atoms with E-state index in [0.717, 1.165) is 0 Å². The molecular formula is C34H40ClN3O5S. The Morgan fingerprint density at radius 3 is 2.20 bits per heavy atom. The van der Waals surface area contributed by atoms with Gasteiger partial charge in [-0.3, -0.25) is 14.4 Å². The van der Waals surface area contributed by atoms with Crippen molar-refractivity contribution in [1.82, 2.24) is 4.90 Å². The van der Waals surface area contributed by atoms with Crippen LogP contribution in [-0.2, 0) is 14.4 Å². The number of aliphatic hydroxyl groups excluding tert-OH is 1. The van der Waals surface area contributed by atoms with Gasteiger partial charge < -0.3 is 24.5 Å². The Balaban J connectivity index is 1.55. The zero-order valence-electron chi connectivity index (χ0n) is 25.2. The molecular weight excluding hydrogens is 598 g/mol. The summed E-state index contributed by atoms with van der Waals surface area (Å²) < 4.78 is 4.79. The van der Waals surface area contributed by atoms with E-state index in [1.54, 1.807) is 62.9 Å². The zero-order valence-corrected chi connectivity index (χ0v) is 26.8. The van der Waals surface area contributed by atoms with Crippen LogP contribution in [0.5, 0.6) is 5.75 Å². The minimum atomic E-state index is -0.848. The normalized spacial score (nSPS) is 25.8. The maximum Gasteiger partial charge on any atom is 0.251 e. The van der Waals surface area contributed by atoms with Gasteiger partial charge in [-0.05, 0) is 74.7 Å². The maximum atomic E-state index is 14.7. The zero-order chi connectivity index (χ0) is 31.6. The molecule has 0 aromatic heterocycles. The van der Waals surface area contributed by atoms with Crippen LogP contribution in [0.2, 0.25) is 5.02 Å². The highest BCUT2D eigenvalue weighted by Crippen LogP contribution is 2.67. The molecule has 0 radical (unpaired) electrons. The van der Waals surface area contributed by atoms with E-state index in [1.165, 1.54) is 0 Å². The van der Waals surface area contributed by atoms with Gasteiger partial charge >= 0.3 is 0 Å². The average Bonchev–Trinajstić information content (AvgIpc) is 3.68. The summed E-state index contributed by atoms with van der Waals surface area (Å²) in [6.07, 6.45) is 5.15. The highest BCUT2D eigenvalue weighted by atomic mass is 35.5. The summed E-state index contributed by atoms with van der Waals surface area (Å²) in [5.41, 5.74) is 1.33. The third kappa shape index (κ3) is 5.43. The van der Waals surface area contributed by atoms with E-state index < -0.39 is 28.7 Å². The Hall–Kier alpha value is -3.27. The molecule has 8 nitrogen and oxygen atoms in total. The van der Waals surface area contributed by atoms with Crippen LogP contribution in [0.25, 0.3) is 0 Å². The topological polar surface area (TPSA) is 90.4 Å². The molecule has 6 atom stereocenters. The van der Waals surface area contributed by atoms with Crippen molar-refractivity contribution in [2.75, 3.05) is 36.1 Å². The fourth-order valence-electron chi connectivity index (χ4n) is 7.20. The molecule has 3 amide bonds. The van der Waals surface area contributed by atoms with Crippen LogP contribution in [0.15, 0.2) is 73.8 Å². The number of carbonyl (C=O) groups excluding carboxylic acids is 3. The van der Waals surface area contributed by atoms with Crippen molar-refractivity contribution >= 4 is 52.5 Å². The van der Waals surface area contributed by atoms with Crippen molar-refractivity contribution in [3.05, 3.63) is 78.9 Å². The van der Waals surface area contributed by atoms with Crippen molar-refractivity contribution in [1.29, 1.82) is 0 Å². The van der Waals surface area contributed by atoms with E-state index >= 15 is 0 Å². The van der Waals surface area contributed by atoms with E-state index in [4.69, 9.17) is 16.3 Å². The number of aliphatic hydroxyl groups is 1. The second-order valence-electron chi connectivity index (χ2n) is 11.4. The molecule has 2 unspecified atom stereocenters. The summed E-state index contributed by atoms with van der Waals surface area (Å²) in [7, 11) is 0. The lowest BCUT2D eigenvalue weighted by molar-refractivity contribution is -0.141. The maximum absolute atomic E-state index is 14.7. The monoisotopic (exact) mass is 637 g/mol. The number of thioether (sulfide) groups is 1. The summed E-state index contributed by atoms with van der Waals surface area (Å²) in [6.45, 7) is 12.3. The van der Waals surface area contributed by atoms with Gasteiger partial charge in [0, 0.05) is 34.7 Å². The number of rotatable bonds is 13. The van der Waals surface area contributed by atoms with Crippen LogP contribution in [0.4, 0.5) is 11.4 Å². The quantitative estimate of drug-likeness (QED) is 0.298. The van der Waals surface area contributed by atoms with Gasteiger partial charge in [-0.2, -0.15) is 0 Å². The number of amides is 3. The third-order valence-electron chi connectivity index (χ3n) is 9.09. The average molecular weight is 638 g/mol. The van der Waals surface area contributed by atoms with Crippen LogP contribution in [0.3, 0.4) is 0 Å². The van der Waals surface area contributed by atoms with E-state index in [-0.39, 0.29) is 42.7 Å². The molecule has 3 aliphatic rings. The van der Waals surface area contributed by atoms with Crippen LogP contribution in [0, 0.1) is 11.8 Å². The molecule has 2 aromatic rings. The second kappa shape index (κ2) is 13.4. The molecule has 1 spiro atoms. The molecule has 3 heterocycles. The first-order chi connectivity index (χ1) is 21.3. The predicted octanol–water partition coefficient (Wildman–Crippen LogP) is 5.34. The lowest BCUT2D eigenvalue weighted by Crippen LogP contribution is -2.57. The van der Waals surface area contributed by atoms with Crippen molar-refractivity contribution < 1.29 is 24.2 Å². The minimum Gasteiger partial charge on any atom is -0.494 e.